The molecule has 0 aliphatic heterocycles. The second kappa shape index (κ2) is 8.28. The van der Waals surface area contributed by atoms with Crippen molar-refractivity contribution in [1.29, 1.82) is 5.26 Å². The van der Waals surface area contributed by atoms with E-state index in [0.717, 1.165) is 35.7 Å². The molecule has 1 aromatic heterocycles. The van der Waals surface area contributed by atoms with Crippen molar-refractivity contribution in [1.82, 2.24) is 4.98 Å². The van der Waals surface area contributed by atoms with Gasteiger partial charge >= 0.3 is 5.97 Å². The zero-order valence-electron chi connectivity index (χ0n) is 13.8. The SMILES string of the molecule is CCCCCCc1c(C#N)cnc2ccc(C(=O)OCC)cc12. The first-order valence-electron chi connectivity index (χ1n) is 8.20. The first-order chi connectivity index (χ1) is 11.2. The van der Waals surface area contributed by atoms with E-state index in [1.165, 1.54) is 12.8 Å². The molecular weight excluding hydrogens is 288 g/mol. The van der Waals surface area contributed by atoms with Crippen LogP contribution in [0.2, 0.25) is 0 Å². The van der Waals surface area contributed by atoms with E-state index in [9.17, 15) is 10.1 Å². The molecule has 0 bridgehead atoms. The minimum atomic E-state index is -0.339. The molecule has 2 aromatic rings. The van der Waals surface area contributed by atoms with Crippen LogP contribution in [0, 0.1) is 11.3 Å². The summed E-state index contributed by atoms with van der Waals surface area (Å²) in [5.41, 5.74) is 2.89. The standard InChI is InChI=1S/C19H22N2O2/c1-3-5-6-7-8-16-15(12-20)13-21-18-10-9-14(11-17(16)18)19(22)23-4-2/h9-11,13H,3-8H2,1-2H3. The summed E-state index contributed by atoms with van der Waals surface area (Å²) in [6, 6.07) is 7.57. The molecule has 23 heavy (non-hydrogen) atoms. The van der Waals surface area contributed by atoms with Gasteiger partial charge in [0.1, 0.15) is 6.07 Å². The van der Waals surface area contributed by atoms with Gasteiger partial charge in [-0.1, -0.05) is 26.2 Å². The summed E-state index contributed by atoms with van der Waals surface area (Å²) in [6.45, 7) is 4.30. The van der Waals surface area contributed by atoms with Gasteiger partial charge in [0.05, 0.1) is 23.3 Å². The summed E-state index contributed by atoms with van der Waals surface area (Å²) >= 11 is 0. The van der Waals surface area contributed by atoms with E-state index in [0.29, 0.717) is 17.7 Å². The first kappa shape index (κ1) is 17.0. The highest BCUT2D eigenvalue weighted by Gasteiger charge is 2.12. The molecule has 1 aromatic carbocycles. The van der Waals surface area contributed by atoms with Crippen LogP contribution in [0.15, 0.2) is 24.4 Å². The normalized spacial score (nSPS) is 10.5. The summed E-state index contributed by atoms with van der Waals surface area (Å²) < 4.78 is 5.06. The van der Waals surface area contributed by atoms with Crippen LogP contribution in [0.3, 0.4) is 0 Å². The number of hydrogen-bond acceptors (Lipinski definition) is 4. The number of aryl methyl sites for hydroxylation is 1. The van der Waals surface area contributed by atoms with E-state index < -0.39 is 0 Å². The van der Waals surface area contributed by atoms with Gasteiger partial charge in [-0.3, -0.25) is 4.98 Å². The van der Waals surface area contributed by atoms with Gasteiger partial charge in [0.15, 0.2) is 0 Å². The van der Waals surface area contributed by atoms with Crippen LogP contribution in [0.25, 0.3) is 10.9 Å². The minimum Gasteiger partial charge on any atom is -0.462 e. The number of hydrogen-bond donors (Lipinski definition) is 0. The van der Waals surface area contributed by atoms with Crippen LogP contribution in [0.4, 0.5) is 0 Å². The molecule has 4 heteroatoms. The third kappa shape index (κ3) is 4.07. The molecule has 0 aliphatic rings. The predicted octanol–water partition coefficient (Wildman–Crippen LogP) is 4.41. The second-order valence-corrected chi connectivity index (χ2v) is 5.53. The molecule has 0 saturated carbocycles. The number of carbonyl (C=O) groups excluding carboxylic acids is 1. The van der Waals surface area contributed by atoms with E-state index in [1.807, 2.05) is 6.07 Å². The summed E-state index contributed by atoms with van der Waals surface area (Å²) in [5.74, 6) is -0.339. The zero-order valence-corrected chi connectivity index (χ0v) is 13.8. The Morgan fingerprint density at radius 3 is 2.78 bits per heavy atom. The molecule has 0 spiro atoms. The van der Waals surface area contributed by atoms with E-state index >= 15 is 0 Å². The monoisotopic (exact) mass is 310 g/mol. The Hall–Kier alpha value is -2.41. The number of unbranched alkanes of at least 4 members (excludes halogenated alkanes) is 3. The number of aromatic nitrogens is 1. The number of carbonyl (C=O) groups is 1. The Bertz CT molecular complexity index is 732. The van der Waals surface area contributed by atoms with Gasteiger partial charge in [-0.15, -0.1) is 0 Å². The summed E-state index contributed by atoms with van der Waals surface area (Å²) in [7, 11) is 0. The number of ether oxygens (including phenoxy) is 1. The number of nitriles is 1. The highest BCUT2D eigenvalue weighted by molar-refractivity contribution is 5.95. The van der Waals surface area contributed by atoms with Crippen molar-refractivity contribution in [2.75, 3.05) is 6.61 Å². The molecule has 0 aliphatic carbocycles. The van der Waals surface area contributed by atoms with Crippen LogP contribution in [-0.2, 0) is 11.2 Å². The highest BCUT2D eigenvalue weighted by atomic mass is 16.5. The van der Waals surface area contributed by atoms with E-state index in [-0.39, 0.29) is 5.97 Å². The van der Waals surface area contributed by atoms with Gasteiger partial charge in [-0.05, 0) is 43.5 Å². The average molecular weight is 310 g/mol. The summed E-state index contributed by atoms with van der Waals surface area (Å²) in [4.78, 5) is 16.3. The smallest absolute Gasteiger partial charge is 0.338 e. The number of fused-ring (bicyclic) bond motifs is 1. The maximum atomic E-state index is 11.9. The fourth-order valence-electron chi connectivity index (χ4n) is 2.68. The fourth-order valence-corrected chi connectivity index (χ4v) is 2.68. The molecule has 4 nitrogen and oxygen atoms in total. The largest absolute Gasteiger partial charge is 0.462 e. The Balaban J connectivity index is 2.41. The molecule has 1 heterocycles. The molecule has 120 valence electrons. The Kier molecular flexibility index (Phi) is 6.10. The highest BCUT2D eigenvalue weighted by Crippen LogP contribution is 2.24. The van der Waals surface area contributed by atoms with Crippen molar-refractivity contribution in [2.24, 2.45) is 0 Å². The summed E-state index contributed by atoms with van der Waals surface area (Å²) in [6.07, 6.45) is 7.00. The number of esters is 1. The molecular formula is C19H22N2O2. The molecule has 0 amide bonds. The third-order valence-corrected chi connectivity index (χ3v) is 3.89. The second-order valence-electron chi connectivity index (χ2n) is 5.53. The molecule has 0 fully saturated rings. The van der Waals surface area contributed by atoms with Crippen molar-refractivity contribution in [3.63, 3.8) is 0 Å². The fraction of sp³-hybridized carbons (Fsp3) is 0.421. The van der Waals surface area contributed by atoms with Gasteiger partial charge in [-0.2, -0.15) is 5.26 Å². The van der Waals surface area contributed by atoms with Gasteiger partial charge in [0, 0.05) is 11.6 Å². The Labute approximate surface area is 137 Å². The van der Waals surface area contributed by atoms with Crippen molar-refractivity contribution in [3.05, 3.63) is 41.1 Å². The van der Waals surface area contributed by atoms with Crippen LogP contribution in [0.1, 0.15) is 61.0 Å². The number of rotatable bonds is 7. The van der Waals surface area contributed by atoms with E-state index in [4.69, 9.17) is 4.74 Å². The molecule has 0 N–H and O–H groups in total. The maximum Gasteiger partial charge on any atom is 0.338 e. The van der Waals surface area contributed by atoms with Crippen LogP contribution in [-0.4, -0.2) is 17.6 Å². The average Bonchev–Trinajstić information content (AvgIpc) is 2.58. The minimum absolute atomic E-state index is 0.339. The topological polar surface area (TPSA) is 63.0 Å². The maximum absolute atomic E-state index is 11.9. The quantitative estimate of drug-likeness (QED) is 0.561. The van der Waals surface area contributed by atoms with E-state index in [1.54, 1.807) is 25.3 Å². The molecule has 2 rings (SSSR count). The zero-order chi connectivity index (χ0) is 16.7. The molecule has 0 saturated heterocycles. The van der Waals surface area contributed by atoms with Crippen molar-refractivity contribution in [2.45, 2.75) is 46.0 Å². The predicted molar refractivity (Wildman–Crippen MR) is 90.3 cm³/mol. The van der Waals surface area contributed by atoms with E-state index in [2.05, 4.69) is 18.0 Å². The van der Waals surface area contributed by atoms with Crippen LogP contribution >= 0.6 is 0 Å². The van der Waals surface area contributed by atoms with Crippen LogP contribution in [0.5, 0.6) is 0 Å². The lowest BCUT2D eigenvalue weighted by Crippen LogP contribution is -2.05. The number of pyridine rings is 1. The van der Waals surface area contributed by atoms with Crippen molar-refractivity contribution < 1.29 is 9.53 Å². The lowest BCUT2D eigenvalue weighted by Gasteiger charge is -2.10. The third-order valence-electron chi connectivity index (χ3n) is 3.89. The Morgan fingerprint density at radius 1 is 1.26 bits per heavy atom. The van der Waals surface area contributed by atoms with Gasteiger partial charge in [-0.25, -0.2) is 4.79 Å². The number of nitrogens with zero attached hydrogens (tertiary/aromatic N) is 2. The van der Waals surface area contributed by atoms with Gasteiger partial charge in [0.25, 0.3) is 0 Å². The van der Waals surface area contributed by atoms with Crippen molar-refractivity contribution >= 4 is 16.9 Å². The van der Waals surface area contributed by atoms with Crippen LogP contribution < -0.4 is 0 Å². The molecule has 0 unspecified atom stereocenters. The molecule has 0 radical (unpaired) electrons. The molecule has 0 atom stereocenters. The number of benzene rings is 1. The lowest BCUT2D eigenvalue weighted by molar-refractivity contribution is 0.0526. The van der Waals surface area contributed by atoms with Gasteiger partial charge < -0.3 is 4.74 Å². The van der Waals surface area contributed by atoms with Crippen molar-refractivity contribution in [3.8, 4) is 6.07 Å². The first-order valence-corrected chi connectivity index (χ1v) is 8.20. The lowest BCUT2D eigenvalue weighted by atomic mass is 9.97. The Morgan fingerprint density at radius 2 is 2.09 bits per heavy atom. The van der Waals surface area contributed by atoms with Gasteiger partial charge in [0.2, 0.25) is 0 Å². The summed E-state index contributed by atoms with van der Waals surface area (Å²) in [5, 5.41) is 10.2.